The van der Waals surface area contributed by atoms with Gasteiger partial charge in [0, 0.05) is 27.2 Å². The fraction of sp³-hybridized carbons (Fsp3) is 0.900. The summed E-state index contributed by atoms with van der Waals surface area (Å²) in [7, 11) is -0.576. The van der Waals surface area contributed by atoms with Gasteiger partial charge in [0.15, 0.2) is 0 Å². The fourth-order valence-corrected chi connectivity index (χ4v) is 2.76. The summed E-state index contributed by atoms with van der Waals surface area (Å²) in [6.07, 6.45) is 2.79. The van der Waals surface area contributed by atoms with Gasteiger partial charge in [-0.15, -0.1) is 0 Å². The highest BCUT2D eigenvalue weighted by Crippen LogP contribution is 2.16. The molecule has 1 saturated heterocycles. The Morgan fingerprint density at radius 3 is 2.65 bits per heavy atom. The third-order valence-corrected chi connectivity index (χ3v) is 4.65. The summed E-state index contributed by atoms with van der Waals surface area (Å²) in [5, 5.41) is 8.67. The summed E-state index contributed by atoms with van der Waals surface area (Å²) in [4.78, 5) is 0. The lowest BCUT2D eigenvalue weighted by molar-refractivity contribution is 0.0997. The van der Waals surface area contributed by atoms with Crippen molar-refractivity contribution in [2.24, 2.45) is 0 Å². The van der Waals surface area contributed by atoms with Crippen LogP contribution in [-0.2, 0) is 14.9 Å². The molecular formula is C10H19N3O3S. The molecule has 1 aliphatic heterocycles. The predicted octanol–water partition coefficient (Wildman–Crippen LogP) is 0.187. The second-order valence-electron chi connectivity index (χ2n) is 4.21. The molecule has 1 aliphatic rings. The zero-order valence-corrected chi connectivity index (χ0v) is 11.1. The summed E-state index contributed by atoms with van der Waals surface area (Å²) in [5.74, 6) is 0. The Bertz CT molecular complexity index is 369. The average molecular weight is 261 g/mol. The van der Waals surface area contributed by atoms with E-state index in [1.165, 1.54) is 18.4 Å². The third kappa shape index (κ3) is 3.92. The molecule has 6 nitrogen and oxygen atoms in total. The normalized spacial score (nSPS) is 21.0. The number of ether oxygens (including phenoxy) is 1. The maximum absolute atomic E-state index is 11.9. The number of hydrogen-bond donors (Lipinski definition) is 0. The summed E-state index contributed by atoms with van der Waals surface area (Å²) in [6.45, 7) is 0.968. The van der Waals surface area contributed by atoms with Gasteiger partial charge in [-0.1, -0.05) is 0 Å². The summed E-state index contributed by atoms with van der Waals surface area (Å²) in [5.41, 5.74) is 0. The van der Waals surface area contributed by atoms with E-state index in [4.69, 9.17) is 10.00 Å². The van der Waals surface area contributed by atoms with Gasteiger partial charge in [-0.05, 0) is 19.3 Å². The second-order valence-corrected chi connectivity index (χ2v) is 6.35. The molecule has 1 fully saturated rings. The lowest BCUT2D eigenvalue weighted by Gasteiger charge is -2.24. The smallest absolute Gasteiger partial charge is 0.282 e. The van der Waals surface area contributed by atoms with Crippen LogP contribution in [0.4, 0.5) is 0 Å². The van der Waals surface area contributed by atoms with E-state index in [2.05, 4.69) is 0 Å². The Morgan fingerprint density at radius 1 is 1.47 bits per heavy atom. The van der Waals surface area contributed by atoms with Crippen LogP contribution in [0.5, 0.6) is 0 Å². The van der Waals surface area contributed by atoms with Crippen LogP contribution in [0.3, 0.4) is 0 Å². The van der Waals surface area contributed by atoms with E-state index in [1.54, 1.807) is 0 Å². The number of nitrogens with zero attached hydrogens (tertiary/aromatic N) is 3. The highest BCUT2D eigenvalue weighted by Gasteiger charge is 2.26. The Balaban J connectivity index is 2.57. The lowest BCUT2D eigenvalue weighted by atomic mass is 10.2. The van der Waals surface area contributed by atoms with Crippen LogP contribution in [-0.4, -0.2) is 56.9 Å². The summed E-state index contributed by atoms with van der Waals surface area (Å²) < 4.78 is 31.5. The highest BCUT2D eigenvalue weighted by molar-refractivity contribution is 7.86. The van der Waals surface area contributed by atoms with Gasteiger partial charge in [0.2, 0.25) is 0 Å². The minimum absolute atomic E-state index is 0.118. The standard InChI is InChI=1S/C10H19N3O3S/c1-12(2)17(14,15)13(8-6-11)7-5-10-4-3-9-16-10/h10H,3-5,7-9H2,1-2H3. The first-order valence-corrected chi connectivity index (χ1v) is 7.04. The molecule has 1 heterocycles. The van der Waals surface area contributed by atoms with Gasteiger partial charge in [0.1, 0.15) is 6.54 Å². The molecule has 17 heavy (non-hydrogen) atoms. The molecule has 0 aromatic rings. The maximum atomic E-state index is 11.9. The minimum atomic E-state index is -3.50. The molecule has 1 atom stereocenters. The van der Waals surface area contributed by atoms with Crippen molar-refractivity contribution in [1.29, 1.82) is 5.26 Å². The molecule has 0 aromatic carbocycles. The van der Waals surface area contributed by atoms with E-state index in [-0.39, 0.29) is 12.6 Å². The SMILES string of the molecule is CN(C)S(=O)(=O)N(CC#N)CCC1CCCO1. The van der Waals surface area contributed by atoms with Gasteiger partial charge < -0.3 is 4.74 Å². The Morgan fingerprint density at radius 2 is 2.18 bits per heavy atom. The van der Waals surface area contributed by atoms with Crippen molar-refractivity contribution in [1.82, 2.24) is 8.61 Å². The van der Waals surface area contributed by atoms with Gasteiger partial charge in [-0.2, -0.15) is 22.3 Å². The maximum Gasteiger partial charge on any atom is 0.282 e. The molecule has 0 bridgehead atoms. The van der Waals surface area contributed by atoms with Crippen LogP contribution in [0.1, 0.15) is 19.3 Å². The first-order chi connectivity index (χ1) is 7.98. The van der Waals surface area contributed by atoms with Crippen molar-refractivity contribution in [3.05, 3.63) is 0 Å². The Labute approximate surface area is 103 Å². The van der Waals surface area contributed by atoms with Crippen molar-refractivity contribution >= 4 is 10.2 Å². The minimum Gasteiger partial charge on any atom is -0.378 e. The van der Waals surface area contributed by atoms with Gasteiger partial charge in [0.05, 0.1) is 12.2 Å². The number of hydrogen-bond acceptors (Lipinski definition) is 4. The van der Waals surface area contributed by atoms with Gasteiger partial charge in [-0.3, -0.25) is 0 Å². The molecule has 0 saturated carbocycles. The van der Waals surface area contributed by atoms with Crippen molar-refractivity contribution < 1.29 is 13.2 Å². The van der Waals surface area contributed by atoms with E-state index in [1.807, 2.05) is 6.07 Å². The average Bonchev–Trinajstić information content (AvgIpc) is 2.76. The highest BCUT2D eigenvalue weighted by atomic mass is 32.2. The molecule has 0 radical (unpaired) electrons. The van der Waals surface area contributed by atoms with Gasteiger partial charge in [-0.25, -0.2) is 0 Å². The fourth-order valence-electron chi connectivity index (χ4n) is 1.75. The molecular weight excluding hydrogens is 242 g/mol. The largest absolute Gasteiger partial charge is 0.378 e. The van der Waals surface area contributed by atoms with Crippen molar-refractivity contribution in [2.75, 3.05) is 33.8 Å². The number of nitriles is 1. The molecule has 0 aromatic heterocycles. The summed E-state index contributed by atoms with van der Waals surface area (Å²) in [6, 6.07) is 1.88. The molecule has 0 spiro atoms. The van der Waals surface area contributed by atoms with Crippen molar-refractivity contribution in [3.63, 3.8) is 0 Å². The zero-order valence-electron chi connectivity index (χ0n) is 10.3. The first-order valence-electron chi connectivity index (χ1n) is 5.64. The van der Waals surface area contributed by atoms with Crippen LogP contribution in [0.2, 0.25) is 0 Å². The van der Waals surface area contributed by atoms with Crippen LogP contribution in [0.15, 0.2) is 0 Å². The zero-order chi connectivity index (χ0) is 12.9. The van der Waals surface area contributed by atoms with Crippen molar-refractivity contribution in [2.45, 2.75) is 25.4 Å². The molecule has 98 valence electrons. The lowest BCUT2D eigenvalue weighted by Crippen LogP contribution is -2.41. The van der Waals surface area contributed by atoms with E-state index >= 15 is 0 Å². The number of rotatable bonds is 6. The monoisotopic (exact) mass is 261 g/mol. The topological polar surface area (TPSA) is 73.6 Å². The predicted molar refractivity (Wildman–Crippen MR) is 63.4 cm³/mol. The Kier molecular flexibility index (Phi) is 5.33. The molecule has 0 N–H and O–H groups in total. The molecule has 1 unspecified atom stereocenters. The molecule has 0 amide bonds. The van der Waals surface area contributed by atoms with Crippen LogP contribution >= 0.6 is 0 Å². The van der Waals surface area contributed by atoms with Gasteiger partial charge in [0.25, 0.3) is 10.2 Å². The van der Waals surface area contributed by atoms with E-state index < -0.39 is 10.2 Å². The van der Waals surface area contributed by atoms with E-state index in [0.29, 0.717) is 13.0 Å². The van der Waals surface area contributed by atoms with Crippen LogP contribution < -0.4 is 0 Å². The van der Waals surface area contributed by atoms with Crippen LogP contribution in [0.25, 0.3) is 0 Å². The molecule has 7 heteroatoms. The summed E-state index contributed by atoms with van der Waals surface area (Å²) >= 11 is 0. The first kappa shape index (κ1) is 14.4. The Hall–Kier alpha value is -0.680. The van der Waals surface area contributed by atoms with E-state index in [9.17, 15) is 8.42 Å². The quantitative estimate of drug-likeness (QED) is 0.640. The second kappa shape index (κ2) is 6.31. The van der Waals surface area contributed by atoms with Crippen LogP contribution in [0, 0.1) is 11.3 Å². The van der Waals surface area contributed by atoms with Gasteiger partial charge >= 0.3 is 0 Å². The third-order valence-electron chi connectivity index (χ3n) is 2.76. The van der Waals surface area contributed by atoms with Crippen molar-refractivity contribution in [3.8, 4) is 6.07 Å². The molecule has 1 rings (SSSR count). The van der Waals surface area contributed by atoms with E-state index in [0.717, 1.165) is 23.8 Å². The molecule has 0 aliphatic carbocycles.